The summed E-state index contributed by atoms with van der Waals surface area (Å²) in [6.07, 6.45) is 0. The summed E-state index contributed by atoms with van der Waals surface area (Å²) in [5.41, 5.74) is 8.46. The highest BCUT2D eigenvalue weighted by molar-refractivity contribution is 7.80. The van der Waals surface area contributed by atoms with Crippen LogP contribution in [0.25, 0.3) is 0 Å². The zero-order chi connectivity index (χ0) is 14.5. The minimum atomic E-state index is -0.464. The van der Waals surface area contributed by atoms with Crippen LogP contribution in [0.5, 0.6) is 0 Å². The third kappa shape index (κ3) is 4.08. The van der Waals surface area contributed by atoms with Crippen molar-refractivity contribution in [1.29, 1.82) is 0 Å². The zero-order valence-electron chi connectivity index (χ0n) is 10.7. The Balaban J connectivity index is 1.91. The Bertz CT molecular complexity index is 634. The molecule has 0 heterocycles. The summed E-state index contributed by atoms with van der Waals surface area (Å²) in [6, 6.07) is 12.1. The lowest BCUT2D eigenvalue weighted by Crippen LogP contribution is -2.33. The molecule has 104 valence electrons. The normalized spacial score (nSPS) is 9.95. The Hall–Kier alpha value is -1.85. The van der Waals surface area contributed by atoms with Crippen molar-refractivity contribution in [3.05, 3.63) is 58.9 Å². The molecule has 0 aliphatic heterocycles. The van der Waals surface area contributed by atoms with Gasteiger partial charge in [-0.15, -0.1) is 0 Å². The van der Waals surface area contributed by atoms with Gasteiger partial charge in [0.25, 0.3) is 0 Å². The minimum Gasteiger partial charge on any atom is -0.331 e. The summed E-state index contributed by atoms with van der Waals surface area (Å²) < 4.78 is 13.0. The van der Waals surface area contributed by atoms with E-state index in [1.807, 2.05) is 31.2 Å². The van der Waals surface area contributed by atoms with Gasteiger partial charge >= 0.3 is 0 Å². The number of hydrogen-bond donors (Lipinski definition) is 3. The smallest absolute Gasteiger partial charge is 0.189 e. The molecule has 2 aromatic rings. The summed E-state index contributed by atoms with van der Waals surface area (Å²) in [6.45, 7) is 2.00. The van der Waals surface area contributed by atoms with Crippen LogP contribution >= 0.6 is 23.8 Å². The first-order valence-electron chi connectivity index (χ1n) is 5.89. The molecule has 20 heavy (non-hydrogen) atoms. The van der Waals surface area contributed by atoms with E-state index in [4.69, 9.17) is 23.8 Å². The van der Waals surface area contributed by atoms with Crippen LogP contribution in [0.15, 0.2) is 42.5 Å². The lowest BCUT2D eigenvalue weighted by atomic mass is 10.2. The van der Waals surface area contributed by atoms with Crippen LogP contribution in [0.1, 0.15) is 5.56 Å². The average molecular weight is 310 g/mol. The number of thiocarbonyl (C=S) groups is 1. The summed E-state index contributed by atoms with van der Waals surface area (Å²) >= 11 is 10.8. The van der Waals surface area contributed by atoms with Gasteiger partial charge in [0, 0.05) is 5.69 Å². The third-order valence-corrected chi connectivity index (χ3v) is 3.01. The molecule has 0 aromatic heterocycles. The number of hydrazine groups is 1. The van der Waals surface area contributed by atoms with Crippen molar-refractivity contribution < 1.29 is 4.39 Å². The predicted octanol–water partition coefficient (Wildman–Crippen LogP) is 4.10. The molecule has 0 atom stereocenters. The molecule has 2 aromatic carbocycles. The molecular weight excluding hydrogens is 297 g/mol. The molecule has 3 N–H and O–H groups in total. The van der Waals surface area contributed by atoms with Crippen molar-refractivity contribution >= 4 is 40.3 Å². The molecular formula is C14H13ClFN3S. The number of rotatable bonds is 3. The number of anilines is 2. The SMILES string of the molecule is Cc1cccc(NNC(=S)Nc2ccc(F)c(Cl)c2)c1. The summed E-state index contributed by atoms with van der Waals surface area (Å²) in [5, 5.41) is 3.30. The average Bonchev–Trinajstić information content (AvgIpc) is 2.41. The molecule has 0 bridgehead atoms. The molecule has 0 unspecified atom stereocenters. The van der Waals surface area contributed by atoms with Gasteiger partial charge < -0.3 is 5.32 Å². The molecule has 6 heteroatoms. The monoisotopic (exact) mass is 309 g/mol. The zero-order valence-corrected chi connectivity index (χ0v) is 12.3. The first kappa shape index (κ1) is 14.6. The van der Waals surface area contributed by atoms with Crippen LogP contribution in [0.3, 0.4) is 0 Å². The van der Waals surface area contributed by atoms with Crippen molar-refractivity contribution in [2.24, 2.45) is 0 Å². The molecule has 0 fully saturated rings. The highest BCUT2D eigenvalue weighted by atomic mass is 35.5. The van der Waals surface area contributed by atoms with E-state index >= 15 is 0 Å². The van der Waals surface area contributed by atoms with Crippen molar-refractivity contribution in [2.45, 2.75) is 6.92 Å². The fourth-order valence-corrected chi connectivity index (χ4v) is 1.94. The van der Waals surface area contributed by atoms with Gasteiger partial charge in [0.05, 0.1) is 10.7 Å². The van der Waals surface area contributed by atoms with E-state index in [9.17, 15) is 4.39 Å². The maximum absolute atomic E-state index is 13.0. The second-order valence-electron chi connectivity index (χ2n) is 4.20. The minimum absolute atomic E-state index is 0.0458. The van der Waals surface area contributed by atoms with Gasteiger partial charge in [-0.1, -0.05) is 23.7 Å². The predicted molar refractivity (Wildman–Crippen MR) is 85.6 cm³/mol. The number of aryl methyl sites for hydroxylation is 1. The van der Waals surface area contributed by atoms with Crippen molar-refractivity contribution in [3.8, 4) is 0 Å². The molecule has 3 nitrogen and oxygen atoms in total. The maximum Gasteiger partial charge on any atom is 0.189 e. The van der Waals surface area contributed by atoms with Gasteiger partial charge in [0.15, 0.2) is 5.11 Å². The van der Waals surface area contributed by atoms with Crippen LogP contribution in [0.2, 0.25) is 5.02 Å². The van der Waals surface area contributed by atoms with Crippen LogP contribution in [-0.2, 0) is 0 Å². The van der Waals surface area contributed by atoms with Crippen molar-refractivity contribution in [3.63, 3.8) is 0 Å². The Morgan fingerprint density at radius 3 is 2.65 bits per heavy atom. The van der Waals surface area contributed by atoms with Crippen molar-refractivity contribution in [1.82, 2.24) is 5.43 Å². The number of hydrogen-bond acceptors (Lipinski definition) is 2. The molecule has 0 saturated heterocycles. The Kier molecular flexibility index (Phi) is 4.76. The van der Waals surface area contributed by atoms with E-state index in [1.165, 1.54) is 12.1 Å². The fraction of sp³-hybridized carbons (Fsp3) is 0.0714. The molecule has 0 amide bonds. The third-order valence-electron chi connectivity index (χ3n) is 2.52. The Labute approximate surface area is 127 Å². The molecule has 0 saturated carbocycles. The first-order chi connectivity index (χ1) is 9.54. The lowest BCUT2D eigenvalue weighted by Gasteiger charge is -2.13. The standard InChI is InChI=1S/C14H13ClFN3S/c1-9-3-2-4-11(7-9)18-19-14(20)17-10-5-6-13(16)12(15)8-10/h2-8,18H,1H3,(H2,17,19,20). The second kappa shape index (κ2) is 6.54. The van der Waals surface area contributed by atoms with Crippen LogP contribution < -0.4 is 16.2 Å². The van der Waals surface area contributed by atoms with E-state index in [-0.39, 0.29) is 5.02 Å². The van der Waals surface area contributed by atoms with Crippen LogP contribution in [-0.4, -0.2) is 5.11 Å². The molecule has 0 aliphatic carbocycles. The van der Waals surface area contributed by atoms with E-state index in [0.29, 0.717) is 10.8 Å². The summed E-state index contributed by atoms with van der Waals surface area (Å²) in [5.74, 6) is -0.464. The van der Waals surface area contributed by atoms with E-state index in [2.05, 4.69) is 16.2 Å². The molecule has 0 spiro atoms. The lowest BCUT2D eigenvalue weighted by molar-refractivity contribution is 0.628. The van der Waals surface area contributed by atoms with Crippen LogP contribution in [0, 0.1) is 12.7 Å². The topological polar surface area (TPSA) is 36.1 Å². The van der Waals surface area contributed by atoms with Gasteiger partial charge in [-0.25, -0.2) is 4.39 Å². The largest absolute Gasteiger partial charge is 0.331 e. The molecule has 0 aliphatic rings. The number of halogens is 2. The number of benzene rings is 2. The second-order valence-corrected chi connectivity index (χ2v) is 5.02. The van der Waals surface area contributed by atoms with Gasteiger partial charge in [-0.2, -0.15) is 0 Å². The van der Waals surface area contributed by atoms with Gasteiger partial charge in [-0.05, 0) is 55.0 Å². The maximum atomic E-state index is 13.0. The van der Waals surface area contributed by atoms with Crippen LogP contribution in [0.4, 0.5) is 15.8 Å². The highest BCUT2D eigenvalue weighted by Gasteiger charge is 2.02. The Morgan fingerprint density at radius 1 is 1.15 bits per heavy atom. The number of nitrogens with one attached hydrogen (secondary N) is 3. The van der Waals surface area contributed by atoms with E-state index < -0.39 is 5.82 Å². The summed E-state index contributed by atoms with van der Waals surface area (Å²) in [4.78, 5) is 0. The molecule has 2 rings (SSSR count). The van der Waals surface area contributed by atoms with Gasteiger partial charge in [0.2, 0.25) is 0 Å². The highest BCUT2D eigenvalue weighted by Crippen LogP contribution is 2.19. The van der Waals surface area contributed by atoms with E-state index in [0.717, 1.165) is 11.3 Å². The van der Waals surface area contributed by atoms with E-state index in [1.54, 1.807) is 6.07 Å². The van der Waals surface area contributed by atoms with Gasteiger partial charge in [0.1, 0.15) is 5.82 Å². The fourth-order valence-electron chi connectivity index (χ4n) is 1.59. The first-order valence-corrected chi connectivity index (χ1v) is 6.68. The quantitative estimate of drug-likeness (QED) is 0.589. The van der Waals surface area contributed by atoms with Crippen molar-refractivity contribution in [2.75, 3.05) is 10.7 Å². The molecule has 0 radical (unpaired) electrons. The van der Waals surface area contributed by atoms with Gasteiger partial charge in [-0.3, -0.25) is 10.9 Å². The Morgan fingerprint density at radius 2 is 1.95 bits per heavy atom. The summed E-state index contributed by atoms with van der Waals surface area (Å²) in [7, 11) is 0.